The monoisotopic (exact) mass is 593 g/mol. The first kappa shape index (κ1) is 28.7. The van der Waals surface area contributed by atoms with Gasteiger partial charge < -0.3 is 0 Å². The van der Waals surface area contributed by atoms with E-state index in [9.17, 15) is 0 Å². The molecule has 0 aliphatic carbocycles. The Hall–Kier alpha value is -4.80. The molecule has 0 aliphatic rings. The first-order chi connectivity index (χ1) is 22.3. The Morgan fingerprint density at radius 3 is 1.74 bits per heavy atom. The van der Waals surface area contributed by atoms with Crippen LogP contribution in [0.5, 0.6) is 0 Å². The van der Waals surface area contributed by atoms with E-state index in [-0.39, 0.29) is 21.7 Å². The highest BCUT2D eigenvalue weighted by Crippen LogP contribution is 2.39. The van der Waals surface area contributed by atoms with Crippen LogP contribution in [-0.4, -0.2) is 54.2 Å². The number of hydrogen-bond acceptors (Lipinski definition) is 3. The smallest absolute Gasteiger partial charge is 0.208 e. The van der Waals surface area contributed by atoms with Gasteiger partial charge in [0.2, 0.25) is 5.28 Å². The molecule has 10 radical (unpaired) electrons. The molecule has 202 valence electrons. The maximum absolute atomic E-state index is 6.60. The third-order valence-electron chi connectivity index (χ3n) is 8.68. The van der Waals surface area contributed by atoms with Crippen molar-refractivity contribution in [3.63, 3.8) is 0 Å². The maximum Gasteiger partial charge on any atom is 0.226 e. The van der Waals surface area contributed by atoms with E-state index >= 15 is 0 Å². The highest BCUT2D eigenvalue weighted by Gasteiger charge is 2.17. The standard InChI is InChI=1S/C37H17B5ClN3/c38-30-28(31(39)33(41)34(42)32(30)40)22-11-9-20-16-23(12-10-19(20)15-22)35-44-36(46-37(43)45-35)27-17-21-6-2-3-7-24(21)26-14-13-18-5-1-4-8-25(18)29(26)27/h1-17H. The molecule has 0 N–H and O–H groups in total. The molecule has 9 heteroatoms. The van der Waals surface area contributed by atoms with Crippen LogP contribution in [0.25, 0.3) is 77.0 Å². The first-order valence-corrected chi connectivity index (χ1v) is 15.0. The Kier molecular flexibility index (Phi) is 6.81. The van der Waals surface area contributed by atoms with Gasteiger partial charge in [0.05, 0.1) is 0 Å². The Morgan fingerprint density at radius 2 is 1.00 bits per heavy atom. The van der Waals surface area contributed by atoms with Crippen LogP contribution in [0.4, 0.5) is 0 Å². The Bertz CT molecular complexity index is 2540. The molecule has 8 rings (SSSR count). The number of aromatic nitrogens is 3. The minimum Gasteiger partial charge on any atom is -0.208 e. The van der Waals surface area contributed by atoms with Crippen LogP contribution in [0.2, 0.25) is 5.28 Å². The summed E-state index contributed by atoms with van der Waals surface area (Å²) in [4.78, 5) is 14.1. The molecule has 0 atom stereocenters. The second-order valence-electron chi connectivity index (χ2n) is 11.3. The maximum atomic E-state index is 6.60. The molecule has 1 heterocycles. The molecule has 46 heavy (non-hydrogen) atoms. The third kappa shape index (κ3) is 4.55. The van der Waals surface area contributed by atoms with E-state index < -0.39 is 0 Å². The lowest BCUT2D eigenvalue weighted by Gasteiger charge is -2.21. The van der Waals surface area contributed by atoms with Crippen molar-refractivity contribution in [1.29, 1.82) is 0 Å². The van der Waals surface area contributed by atoms with Crippen molar-refractivity contribution >= 4 is 121 Å². The molecule has 1 aromatic heterocycles. The number of halogens is 1. The Labute approximate surface area is 277 Å². The van der Waals surface area contributed by atoms with Gasteiger partial charge in [-0.3, -0.25) is 0 Å². The summed E-state index contributed by atoms with van der Waals surface area (Å²) >= 11 is 6.60. The predicted octanol–water partition coefficient (Wildman–Crippen LogP) is 4.11. The van der Waals surface area contributed by atoms with Crippen LogP contribution >= 0.6 is 11.6 Å². The van der Waals surface area contributed by atoms with Crippen molar-refractivity contribution in [1.82, 2.24) is 15.0 Å². The SMILES string of the molecule is [B]c1c([B])c([B])c(-c2ccc3cc(-c4nc(Cl)nc(-c5cc6ccccc6c6ccc7ccccc7c56)n4)ccc3c2)c([B])c1[B]. The third-order valence-corrected chi connectivity index (χ3v) is 8.85. The molecule has 0 saturated heterocycles. The summed E-state index contributed by atoms with van der Waals surface area (Å²) in [6.45, 7) is 0. The molecular weight excluding hydrogens is 576 g/mol. The number of fused-ring (bicyclic) bond motifs is 6. The van der Waals surface area contributed by atoms with E-state index in [0.717, 1.165) is 59.8 Å². The zero-order valence-electron chi connectivity index (χ0n) is 24.4. The van der Waals surface area contributed by atoms with Gasteiger partial charge in [-0.25, -0.2) is 4.98 Å². The van der Waals surface area contributed by atoms with E-state index in [4.69, 9.17) is 55.8 Å². The summed E-state index contributed by atoms with van der Waals surface area (Å²) < 4.78 is 0. The second-order valence-corrected chi connectivity index (χ2v) is 11.7. The average molecular weight is 593 g/mol. The molecule has 7 aromatic carbocycles. The predicted molar refractivity (Wildman–Crippen MR) is 198 cm³/mol. The zero-order valence-corrected chi connectivity index (χ0v) is 25.2. The summed E-state index contributed by atoms with van der Waals surface area (Å²) in [6, 6.07) is 34.9. The lowest BCUT2D eigenvalue weighted by atomic mass is 9.59. The van der Waals surface area contributed by atoms with Gasteiger partial charge in [-0.2, -0.15) is 9.97 Å². The van der Waals surface area contributed by atoms with Crippen LogP contribution in [0, 0.1) is 0 Å². The molecule has 0 amide bonds. The number of nitrogens with zero attached hydrogens (tertiary/aromatic N) is 3. The number of rotatable bonds is 3. The highest BCUT2D eigenvalue weighted by atomic mass is 35.5. The Morgan fingerprint density at radius 1 is 0.435 bits per heavy atom. The molecule has 0 spiro atoms. The molecule has 8 aromatic rings. The lowest BCUT2D eigenvalue weighted by Crippen LogP contribution is -2.55. The van der Waals surface area contributed by atoms with Gasteiger partial charge in [-0.05, 0) is 78.6 Å². The van der Waals surface area contributed by atoms with Crippen molar-refractivity contribution in [3.8, 4) is 33.9 Å². The lowest BCUT2D eigenvalue weighted by molar-refractivity contribution is 1.07. The van der Waals surface area contributed by atoms with Crippen molar-refractivity contribution in [2.75, 3.05) is 0 Å². The van der Waals surface area contributed by atoms with Gasteiger partial charge in [0.25, 0.3) is 0 Å². The summed E-state index contributed by atoms with van der Waals surface area (Å²) in [5.74, 6) is 0.970. The van der Waals surface area contributed by atoms with Gasteiger partial charge >= 0.3 is 0 Å². The van der Waals surface area contributed by atoms with Crippen LogP contribution in [0.1, 0.15) is 0 Å². The van der Waals surface area contributed by atoms with Crippen LogP contribution in [-0.2, 0) is 0 Å². The van der Waals surface area contributed by atoms with E-state index in [1.54, 1.807) is 0 Å². The molecule has 0 unspecified atom stereocenters. The summed E-state index contributed by atoms with van der Waals surface area (Å²) in [5.41, 5.74) is 4.21. The van der Waals surface area contributed by atoms with E-state index in [0.29, 0.717) is 28.1 Å². The van der Waals surface area contributed by atoms with E-state index in [1.165, 1.54) is 0 Å². The minimum atomic E-state index is 0.112. The van der Waals surface area contributed by atoms with E-state index in [2.05, 4.69) is 58.5 Å². The molecular formula is C37H17B5ClN3. The second kappa shape index (κ2) is 10.9. The zero-order chi connectivity index (χ0) is 31.7. The number of benzene rings is 7. The fourth-order valence-corrected chi connectivity index (χ4v) is 6.52. The topological polar surface area (TPSA) is 38.7 Å². The Balaban J connectivity index is 1.28. The average Bonchev–Trinajstić information content (AvgIpc) is 3.08. The highest BCUT2D eigenvalue weighted by molar-refractivity contribution is 6.68. The van der Waals surface area contributed by atoms with E-state index in [1.807, 2.05) is 54.6 Å². The fraction of sp³-hybridized carbons (Fsp3) is 0. The van der Waals surface area contributed by atoms with Gasteiger partial charge in [0.1, 0.15) is 39.2 Å². The normalized spacial score (nSPS) is 11.6. The van der Waals surface area contributed by atoms with Gasteiger partial charge in [-0.15, -0.1) is 16.4 Å². The summed E-state index contributed by atoms with van der Waals surface area (Å²) in [7, 11) is 30.9. The van der Waals surface area contributed by atoms with Crippen molar-refractivity contribution in [2.24, 2.45) is 0 Å². The van der Waals surface area contributed by atoms with Crippen molar-refractivity contribution in [2.45, 2.75) is 0 Å². The van der Waals surface area contributed by atoms with Gasteiger partial charge in [0.15, 0.2) is 11.6 Å². The molecule has 0 bridgehead atoms. The molecule has 0 fully saturated rings. The molecule has 3 nitrogen and oxygen atoms in total. The minimum absolute atomic E-state index is 0.112. The number of hydrogen-bond donors (Lipinski definition) is 0. The first-order valence-electron chi connectivity index (χ1n) is 14.6. The summed E-state index contributed by atoms with van der Waals surface area (Å²) in [5, 5.41) is 8.70. The van der Waals surface area contributed by atoms with Crippen LogP contribution < -0.4 is 27.3 Å². The molecule has 0 aliphatic heterocycles. The van der Waals surface area contributed by atoms with Crippen molar-refractivity contribution < 1.29 is 0 Å². The summed E-state index contributed by atoms with van der Waals surface area (Å²) in [6.07, 6.45) is 0. The quantitative estimate of drug-likeness (QED) is 0.229. The largest absolute Gasteiger partial charge is 0.226 e. The van der Waals surface area contributed by atoms with Crippen LogP contribution in [0.15, 0.2) is 103 Å². The van der Waals surface area contributed by atoms with Gasteiger partial charge in [-0.1, -0.05) is 95.9 Å². The van der Waals surface area contributed by atoms with Gasteiger partial charge in [0, 0.05) is 16.5 Å². The van der Waals surface area contributed by atoms with Crippen molar-refractivity contribution in [3.05, 3.63) is 108 Å². The molecule has 0 saturated carbocycles. The fourth-order valence-electron chi connectivity index (χ4n) is 6.36. The van der Waals surface area contributed by atoms with Crippen LogP contribution in [0.3, 0.4) is 0 Å².